The molecule has 1 saturated heterocycles. The summed E-state index contributed by atoms with van der Waals surface area (Å²) >= 11 is 3.58. The molecule has 2 aliphatic rings. The minimum atomic E-state index is -0.0544. The molecule has 3 N–H and O–H groups in total. The summed E-state index contributed by atoms with van der Waals surface area (Å²) in [5, 5.41) is 8.14. The quantitative estimate of drug-likeness (QED) is 0.641. The molecule has 2 aliphatic heterocycles. The predicted octanol–water partition coefficient (Wildman–Crippen LogP) is 3.26. The van der Waals surface area contributed by atoms with Crippen LogP contribution in [0.2, 0.25) is 0 Å². The highest BCUT2D eigenvalue weighted by Crippen LogP contribution is 2.45. The number of aromatic nitrogens is 3. The molecule has 1 atom stereocenters. The number of nitrogens with zero attached hydrogens (tertiary/aromatic N) is 4. The normalized spacial score (nSPS) is 21.2. The third-order valence-corrected chi connectivity index (χ3v) is 6.77. The number of rotatable bonds is 1. The van der Waals surface area contributed by atoms with Crippen LogP contribution in [0, 0.1) is 6.92 Å². The fraction of sp³-hybridized carbons (Fsp3) is 0.368. The number of benzene rings is 1. The molecule has 2 aromatic heterocycles. The lowest BCUT2D eigenvalue weighted by atomic mass is 9.81. The van der Waals surface area contributed by atoms with Gasteiger partial charge in [0.25, 0.3) is 0 Å². The molecule has 6 nitrogen and oxygen atoms in total. The fourth-order valence-corrected chi connectivity index (χ4v) is 4.73. The maximum Gasteiger partial charge on any atom is 0.155 e. The highest BCUT2D eigenvalue weighted by atomic mass is 79.9. The maximum atomic E-state index is 6.64. The number of aryl methyl sites for hydroxylation is 1. The molecule has 0 aliphatic carbocycles. The molecule has 26 heavy (non-hydrogen) atoms. The summed E-state index contributed by atoms with van der Waals surface area (Å²) in [5.41, 5.74) is 11.0. The van der Waals surface area contributed by atoms with Crippen molar-refractivity contribution in [1.82, 2.24) is 14.6 Å². The Labute approximate surface area is 160 Å². The molecule has 0 bridgehead atoms. The van der Waals surface area contributed by atoms with Gasteiger partial charge in [0.15, 0.2) is 5.82 Å². The van der Waals surface area contributed by atoms with Gasteiger partial charge in [-0.3, -0.25) is 0 Å². The van der Waals surface area contributed by atoms with E-state index < -0.39 is 0 Å². The van der Waals surface area contributed by atoms with E-state index in [0.717, 1.165) is 47.6 Å². The Morgan fingerprint density at radius 1 is 1.23 bits per heavy atom. The summed E-state index contributed by atoms with van der Waals surface area (Å²) in [4.78, 5) is 7.20. The highest BCUT2D eigenvalue weighted by Gasteiger charge is 2.46. The molecule has 7 heteroatoms. The summed E-state index contributed by atoms with van der Waals surface area (Å²) in [6.45, 7) is 3.85. The standard InChI is InChI=1S/C19H21BrN6/c1-12-17(20)26-15(6-9-22-26)18(23-12)25-10-7-19(8-11-25)16(21)13-4-2-3-5-14(13)24-19/h2-6,9,16,24H,7-8,10-11,21H2,1H3/t16-/m1/s1. The minimum Gasteiger partial charge on any atom is -0.377 e. The van der Waals surface area contributed by atoms with E-state index in [2.05, 4.69) is 55.5 Å². The average molecular weight is 413 g/mol. The van der Waals surface area contributed by atoms with Crippen LogP contribution in [0.5, 0.6) is 0 Å². The molecule has 4 heterocycles. The minimum absolute atomic E-state index is 0.0375. The van der Waals surface area contributed by atoms with Crippen LogP contribution in [0.3, 0.4) is 0 Å². The van der Waals surface area contributed by atoms with Crippen molar-refractivity contribution >= 4 is 33.0 Å². The van der Waals surface area contributed by atoms with Gasteiger partial charge in [-0.2, -0.15) is 5.10 Å². The first-order valence-corrected chi connectivity index (χ1v) is 9.76. The zero-order valence-electron chi connectivity index (χ0n) is 14.6. The number of anilines is 2. The van der Waals surface area contributed by atoms with Crippen molar-refractivity contribution in [2.45, 2.75) is 31.3 Å². The number of nitrogens with one attached hydrogen (secondary N) is 1. The molecule has 0 saturated carbocycles. The first kappa shape index (κ1) is 16.1. The van der Waals surface area contributed by atoms with Crippen molar-refractivity contribution in [2.24, 2.45) is 5.73 Å². The molecular formula is C19H21BrN6. The van der Waals surface area contributed by atoms with Gasteiger partial charge in [0.05, 0.1) is 23.5 Å². The monoisotopic (exact) mass is 412 g/mol. The average Bonchev–Trinajstić information content (AvgIpc) is 3.24. The Morgan fingerprint density at radius 3 is 2.77 bits per heavy atom. The van der Waals surface area contributed by atoms with Crippen LogP contribution < -0.4 is 16.0 Å². The second-order valence-electron chi connectivity index (χ2n) is 7.27. The highest BCUT2D eigenvalue weighted by molar-refractivity contribution is 9.10. The zero-order valence-corrected chi connectivity index (χ0v) is 16.2. The third-order valence-electron chi connectivity index (χ3n) is 5.86. The zero-order chi connectivity index (χ0) is 17.9. The van der Waals surface area contributed by atoms with Crippen LogP contribution in [0.25, 0.3) is 5.52 Å². The van der Waals surface area contributed by atoms with Crippen LogP contribution in [0.15, 0.2) is 41.1 Å². The van der Waals surface area contributed by atoms with Gasteiger partial charge in [0.1, 0.15) is 10.1 Å². The lowest BCUT2D eigenvalue weighted by molar-refractivity contribution is 0.322. The number of para-hydroxylation sites is 1. The van der Waals surface area contributed by atoms with Crippen molar-refractivity contribution in [2.75, 3.05) is 23.3 Å². The molecule has 0 radical (unpaired) electrons. The lowest BCUT2D eigenvalue weighted by Crippen LogP contribution is -2.52. The Hall–Kier alpha value is -2.12. The second-order valence-corrected chi connectivity index (χ2v) is 8.02. The van der Waals surface area contributed by atoms with Crippen LogP contribution in [0.4, 0.5) is 11.5 Å². The number of piperidine rings is 1. The molecule has 1 fully saturated rings. The Morgan fingerprint density at radius 2 is 2.00 bits per heavy atom. The first-order chi connectivity index (χ1) is 12.6. The van der Waals surface area contributed by atoms with Crippen LogP contribution in [0.1, 0.15) is 30.1 Å². The smallest absolute Gasteiger partial charge is 0.155 e. The third kappa shape index (κ3) is 2.20. The topological polar surface area (TPSA) is 71.5 Å². The van der Waals surface area contributed by atoms with E-state index in [9.17, 15) is 0 Å². The summed E-state index contributed by atoms with van der Waals surface area (Å²) in [6.07, 6.45) is 3.79. The summed E-state index contributed by atoms with van der Waals surface area (Å²) in [6, 6.07) is 10.5. The lowest BCUT2D eigenvalue weighted by Gasteiger charge is -2.43. The number of hydrogen-bond acceptors (Lipinski definition) is 5. The van der Waals surface area contributed by atoms with Crippen molar-refractivity contribution in [1.29, 1.82) is 0 Å². The molecule has 0 unspecified atom stereocenters. The largest absolute Gasteiger partial charge is 0.377 e. The summed E-state index contributed by atoms with van der Waals surface area (Å²) in [7, 11) is 0. The molecule has 0 amide bonds. The number of fused-ring (bicyclic) bond motifs is 2. The van der Waals surface area contributed by atoms with Crippen molar-refractivity contribution < 1.29 is 0 Å². The van der Waals surface area contributed by atoms with E-state index >= 15 is 0 Å². The van der Waals surface area contributed by atoms with Gasteiger partial charge in [-0.15, -0.1) is 0 Å². The second kappa shape index (κ2) is 5.69. The maximum absolute atomic E-state index is 6.64. The number of nitrogens with two attached hydrogens (primary N) is 1. The van der Waals surface area contributed by atoms with Gasteiger partial charge in [-0.25, -0.2) is 9.50 Å². The molecule has 1 spiro atoms. The predicted molar refractivity (Wildman–Crippen MR) is 107 cm³/mol. The first-order valence-electron chi connectivity index (χ1n) is 8.96. The number of halogens is 1. The van der Waals surface area contributed by atoms with Gasteiger partial charge in [-0.05, 0) is 53.4 Å². The van der Waals surface area contributed by atoms with Crippen molar-refractivity contribution in [3.8, 4) is 0 Å². The van der Waals surface area contributed by atoms with E-state index in [-0.39, 0.29) is 11.6 Å². The molecule has 5 rings (SSSR count). The number of hydrogen-bond donors (Lipinski definition) is 2. The van der Waals surface area contributed by atoms with Crippen LogP contribution >= 0.6 is 15.9 Å². The van der Waals surface area contributed by atoms with Crippen LogP contribution in [-0.2, 0) is 0 Å². The van der Waals surface area contributed by atoms with E-state index in [0.29, 0.717) is 0 Å². The molecule has 3 aromatic rings. The molecule has 134 valence electrons. The summed E-state index contributed by atoms with van der Waals surface area (Å²) < 4.78 is 2.82. The van der Waals surface area contributed by atoms with Crippen LogP contribution in [-0.4, -0.2) is 33.2 Å². The molecular weight excluding hydrogens is 392 g/mol. The summed E-state index contributed by atoms with van der Waals surface area (Å²) in [5.74, 6) is 1.00. The van der Waals surface area contributed by atoms with E-state index in [1.807, 2.05) is 23.7 Å². The van der Waals surface area contributed by atoms with Gasteiger partial charge in [-0.1, -0.05) is 18.2 Å². The van der Waals surface area contributed by atoms with E-state index in [1.54, 1.807) is 0 Å². The van der Waals surface area contributed by atoms with Crippen molar-refractivity contribution in [3.05, 3.63) is 52.4 Å². The van der Waals surface area contributed by atoms with Gasteiger partial charge < -0.3 is 16.0 Å². The van der Waals surface area contributed by atoms with E-state index in [4.69, 9.17) is 10.7 Å². The SMILES string of the molecule is Cc1nc(N2CCC3(CC2)Nc2ccccc2[C@H]3N)c2ccnn2c1Br. The Bertz CT molecular complexity index is 989. The van der Waals surface area contributed by atoms with Gasteiger partial charge in [0, 0.05) is 18.8 Å². The van der Waals surface area contributed by atoms with Gasteiger partial charge in [0.2, 0.25) is 0 Å². The fourth-order valence-electron chi connectivity index (χ4n) is 4.36. The van der Waals surface area contributed by atoms with Crippen molar-refractivity contribution in [3.63, 3.8) is 0 Å². The van der Waals surface area contributed by atoms with E-state index in [1.165, 1.54) is 11.3 Å². The van der Waals surface area contributed by atoms with Gasteiger partial charge >= 0.3 is 0 Å². The molecule has 1 aromatic carbocycles. The Kier molecular flexibility index (Phi) is 3.52. The Balaban J connectivity index is 1.44.